The van der Waals surface area contributed by atoms with Crippen LogP contribution in [0.2, 0.25) is 0 Å². The minimum Gasteiger partial charge on any atom is -0.483 e. The van der Waals surface area contributed by atoms with Gasteiger partial charge in [-0.15, -0.1) is 0 Å². The van der Waals surface area contributed by atoms with Gasteiger partial charge in [0.15, 0.2) is 6.61 Å². The van der Waals surface area contributed by atoms with E-state index in [1.807, 2.05) is 6.07 Å². The Balaban J connectivity index is 1.69. The Bertz CT molecular complexity index is 764. The molecule has 7 nitrogen and oxygen atoms in total. The summed E-state index contributed by atoms with van der Waals surface area (Å²) in [5.74, 6) is 0.258. The molecule has 0 bridgehead atoms. The van der Waals surface area contributed by atoms with Gasteiger partial charge in [-0.1, -0.05) is 32.9 Å². The highest BCUT2D eigenvalue weighted by Crippen LogP contribution is 2.30. The number of amides is 1. The molecule has 0 aromatic heterocycles. The first kappa shape index (κ1) is 25.0. The normalized spacial score (nSPS) is 24.7. The van der Waals surface area contributed by atoms with Crippen LogP contribution < -0.4 is 10.5 Å². The molecule has 2 fully saturated rings. The van der Waals surface area contributed by atoms with E-state index in [0.29, 0.717) is 0 Å². The van der Waals surface area contributed by atoms with E-state index in [-0.39, 0.29) is 24.2 Å². The van der Waals surface area contributed by atoms with E-state index in [2.05, 4.69) is 54.7 Å². The summed E-state index contributed by atoms with van der Waals surface area (Å²) in [6, 6.07) is 6.53. The fourth-order valence-corrected chi connectivity index (χ4v) is 4.78. The quantitative estimate of drug-likeness (QED) is 0.694. The Morgan fingerprint density at radius 3 is 2.59 bits per heavy atom. The first-order valence-electron chi connectivity index (χ1n) is 12.0. The number of benzene rings is 1. The van der Waals surface area contributed by atoms with Crippen molar-refractivity contribution in [1.82, 2.24) is 14.7 Å². The van der Waals surface area contributed by atoms with Crippen LogP contribution in [0.15, 0.2) is 18.2 Å². The predicted molar refractivity (Wildman–Crippen MR) is 128 cm³/mol. The number of likely N-dealkylation sites (N-methyl/N-ethyl adjacent to an activating group) is 1. The van der Waals surface area contributed by atoms with Crippen LogP contribution in [0.25, 0.3) is 0 Å². The Labute approximate surface area is 193 Å². The van der Waals surface area contributed by atoms with E-state index in [4.69, 9.17) is 10.5 Å². The molecule has 2 heterocycles. The van der Waals surface area contributed by atoms with Crippen LogP contribution in [-0.2, 0) is 16.8 Å². The number of carbonyl (C=O) groups excluding carboxylic acids is 1. The van der Waals surface area contributed by atoms with Gasteiger partial charge in [-0.3, -0.25) is 14.6 Å². The summed E-state index contributed by atoms with van der Waals surface area (Å²) in [7, 11) is 2.18. The zero-order valence-electron chi connectivity index (χ0n) is 20.3. The number of hydrogen-bond acceptors (Lipinski definition) is 6. The van der Waals surface area contributed by atoms with Gasteiger partial charge < -0.3 is 20.5 Å². The van der Waals surface area contributed by atoms with Crippen molar-refractivity contribution in [3.8, 4) is 5.75 Å². The lowest BCUT2D eigenvalue weighted by molar-refractivity contribution is -0.119. The molecule has 32 heavy (non-hydrogen) atoms. The van der Waals surface area contributed by atoms with Crippen LogP contribution >= 0.6 is 0 Å². The number of aliphatic hydroxyl groups excluding tert-OH is 1. The van der Waals surface area contributed by atoms with Crippen molar-refractivity contribution in [2.75, 3.05) is 52.9 Å². The van der Waals surface area contributed by atoms with Gasteiger partial charge in [0.2, 0.25) is 0 Å². The molecule has 180 valence electrons. The van der Waals surface area contributed by atoms with Crippen molar-refractivity contribution in [3.05, 3.63) is 29.3 Å². The fraction of sp³-hybridized carbons (Fsp3) is 0.720. The highest BCUT2D eigenvalue weighted by molar-refractivity contribution is 5.75. The molecular formula is C25H42N4O3. The smallest absolute Gasteiger partial charge is 0.255 e. The highest BCUT2D eigenvalue weighted by atomic mass is 16.5. The second-order valence-electron chi connectivity index (χ2n) is 10.5. The summed E-state index contributed by atoms with van der Waals surface area (Å²) in [6.07, 6.45) is 2.60. The first-order valence-corrected chi connectivity index (χ1v) is 12.0. The van der Waals surface area contributed by atoms with Gasteiger partial charge in [-0.25, -0.2) is 0 Å². The van der Waals surface area contributed by atoms with Gasteiger partial charge in [0.05, 0.1) is 6.10 Å². The van der Waals surface area contributed by atoms with Crippen molar-refractivity contribution < 1.29 is 14.6 Å². The summed E-state index contributed by atoms with van der Waals surface area (Å²) in [6.45, 7) is 13.2. The SMILES string of the molecule is CN1CCCN([C@H]2CCN(Cc3ccc(C(C)(C)C)cc3OCC(N)=O)CC[C@@H]2O)CC1. The third-order valence-electron chi connectivity index (χ3n) is 6.85. The maximum absolute atomic E-state index is 11.3. The Morgan fingerprint density at radius 1 is 1.12 bits per heavy atom. The molecular weight excluding hydrogens is 404 g/mol. The third-order valence-corrected chi connectivity index (χ3v) is 6.85. The second-order valence-corrected chi connectivity index (χ2v) is 10.5. The highest BCUT2D eigenvalue weighted by Gasteiger charge is 2.30. The molecule has 0 spiro atoms. The minimum atomic E-state index is -0.471. The molecule has 1 aromatic rings. The van der Waals surface area contributed by atoms with E-state index < -0.39 is 5.91 Å². The van der Waals surface area contributed by atoms with E-state index >= 15 is 0 Å². The van der Waals surface area contributed by atoms with Crippen LogP contribution in [0.1, 0.15) is 51.2 Å². The van der Waals surface area contributed by atoms with Crippen LogP contribution in [0.3, 0.4) is 0 Å². The van der Waals surface area contributed by atoms with Gasteiger partial charge >= 0.3 is 0 Å². The summed E-state index contributed by atoms with van der Waals surface area (Å²) in [4.78, 5) is 18.6. The van der Waals surface area contributed by atoms with Crippen molar-refractivity contribution in [2.45, 2.75) is 64.1 Å². The number of rotatable bonds is 6. The largest absolute Gasteiger partial charge is 0.483 e. The molecule has 2 atom stereocenters. The number of nitrogens with zero attached hydrogens (tertiary/aromatic N) is 3. The molecule has 1 aromatic carbocycles. The maximum atomic E-state index is 11.3. The van der Waals surface area contributed by atoms with Gasteiger partial charge in [0.1, 0.15) is 5.75 Å². The Hall–Kier alpha value is -1.67. The topological polar surface area (TPSA) is 82.3 Å². The number of likely N-dealkylation sites (tertiary alicyclic amines) is 1. The number of ether oxygens (including phenoxy) is 1. The second kappa shape index (κ2) is 11.0. The van der Waals surface area contributed by atoms with Crippen molar-refractivity contribution in [2.24, 2.45) is 5.73 Å². The van der Waals surface area contributed by atoms with Crippen molar-refractivity contribution in [3.63, 3.8) is 0 Å². The maximum Gasteiger partial charge on any atom is 0.255 e. The molecule has 2 aliphatic rings. The van der Waals surface area contributed by atoms with Gasteiger partial charge in [-0.2, -0.15) is 0 Å². The summed E-state index contributed by atoms with van der Waals surface area (Å²) >= 11 is 0. The standard InChI is InChI=1S/C25H42N4O3/c1-25(2,3)20-7-6-19(23(16-20)32-18-24(26)31)17-28-12-8-21(22(30)9-13-28)29-11-5-10-27(4)14-15-29/h6-7,16,21-22,30H,5,8-15,17-18H2,1-4H3,(H2,26,31)/t21-,22-/m0/s1. The average Bonchev–Trinajstić information content (AvgIpc) is 3.04. The zero-order chi connectivity index (χ0) is 23.3. The molecule has 1 amide bonds. The first-order chi connectivity index (χ1) is 15.1. The summed E-state index contributed by atoms with van der Waals surface area (Å²) in [5, 5.41) is 10.9. The Morgan fingerprint density at radius 2 is 1.88 bits per heavy atom. The van der Waals surface area contributed by atoms with Crippen LogP contribution in [-0.4, -0.2) is 90.8 Å². The molecule has 0 radical (unpaired) electrons. The molecule has 2 aliphatic heterocycles. The van der Waals surface area contributed by atoms with Crippen LogP contribution in [0.4, 0.5) is 0 Å². The van der Waals surface area contributed by atoms with E-state index in [9.17, 15) is 9.90 Å². The number of hydrogen-bond donors (Lipinski definition) is 2. The molecule has 0 aliphatic carbocycles. The average molecular weight is 447 g/mol. The van der Waals surface area contributed by atoms with Crippen molar-refractivity contribution >= 4 is 5.91 Å². The van der Waals surface area contributed by atoms with Crippen LogP contribution in [0.5, 0.6) is 5.75 Å². The monoisotopic (exact) mass is 446 g/mol. The minimum absolute atomic E-state index is 0.00940. The van der Waals surface area contributed by atoms with Gasteiger partial charge in [-0.05, 0) is 56.4 Å². The molecule has 2 saturated heterocycles. The zero-order valence-corrected chi connectivity index (χ0v) is 20.3. The van der Waals surface area contributed by atoms with Gasteiger partial charge in [0.25, 0.3) is 5.91 Å². The summed E-state index contributed by atoms with van der Waals surface area (Å²) in [5.41, 5.74) is 7.54. The molecule has 3 rings (SSSR count). The third kappa shape index (κ3) is 6.91. The van der Waals surface area contributed by atoms with E-state index in [1.54, 1.807) is 0 Å². The molecule has 7 heteroatoms. The number of nitrogens with two attached hydrogens (primary N) is 1. The number of carbonyl (C=O) groups is 1. The Kier molecular flexibility index (Phi) is 8.55. The number of aliphatic hydroxyl groups is 1. The lowest BCUT2D eigenvalue weighted by Gasteiger charge is -2.32. The predicted octanol–water partition coefficient (Wildman–Crippen LogP) is 1.81. The van der Waals surface area contributed by atoms with E-state index in [1.165, 1.54) is 5.56 Å². The molecule has 3 N–H and O–H groups in total. The fourth-order valence-electron chi connectivity index (χ4n) is 4.78. The van der Waals surface area contributed by atoms with Crippen molar-refractivity contribution in [1.29, 1.82) is 0 Å². The molecule has 0 unspecified atom stereocenters. The lowest BCUT2D eigenvalue weighted by Crippen LogP contribution is -2.45. The van der Waals surface area contributed by atoms with Crippen LogP contribution in [0, 0.1) is 0 Å². The number of primary amides is 1. The lowest BCUT2D eigenvalue weighted by atomic mass is 9.86. The summed E-state index contributed by atoms with van der Waals surface area (Å²) < 4.78 is 5.81. The molecule has 0 saturated carbocycles. The van der Waals surface area contributed by atoms with E-state index in [0.717, 1.165) is 76.4 Å². The van der Waals surface area contributed by atoms with Gasteiger partial charge in [0, 0.05) is 44.3 Å².